The number of hydrogen-bond acceptors (Lipinski definition) is 4. The van der Waals surface area contributed by atoms with Crippen LogP contribution in [0.15, 0.2) is 60.0 Å². The number of nitrogens with zero attached hydrogens (tertiary/aromatic N) is 2. The smallest absolute Gasteiger partial charge is 0.185 e. The maximum atomic E-state index is 5.19. The van der Waals surface area contributed by atoms with Gasteiger partial charge in [-0.15, -0.1) is 11.3 Å². The number of ether oxygens (including phenoxy) is 1. The summed E-state index contributed by atoms with van der Waals surface area (Å²) in [5.41, 5.74) is 3.39. The topological polar surface area (TPSA) is 25.4 Å². The third-order valence-electron chi connectivity index (χ3n) is 3.47. The number of methoxy groups -OCH3 is 1. The Kier molecular flexibility index (Phi) is 4.39. The lowest BCUT2D eigenvalue weighted by atomic mass is 10.2. The minimum Gasteiger partial charge on any atom is -0.497 e. The van der Waals surface area contributed by atoms with Crippen molar-refractivity contribution in [2.75, 3.05) is 19.1 Å². The summed E-state index contributed by atoms with van der Waals surface area (Å²) in [4.78, 5) is 6.91. The summed E-state index contributed by atoms with van der Waals surface area (Å²) in [7, 11) is 3.75. The highest BCUT2D eigenvalue weighted by Crippen LogP contribution is 2.28. The molecule has 3 aromatic rings. The van der Waals surface area contributed by atoms with Gasteiger partial charge in [-0.2, -0.15) is 0 Å². The van der Waals surface area contributed by atoms with Crippen molar-refractivity contribution in [3.8, 4) is 17.0 Å². The van der Waals surface area contributed by atoms with Crippen molar-refractivity contribution < 1.29 is 4.74 Å². The quantitative estimate of drug-likeness (QED) is 0.696. The average Bonchev–Trinajstić information content (AvgIpc) is 3.06. The zero-order valence-electron chi connectivity index (χ0n) is 12.7. The van der Waals surface area contributed by atoms with E-state index in [1.165, 1.54) is 5.56 Å². The van der Waals surface area contributed by atoms with Crippen LogP contribution in [0.1, 0.15) is 5.56 Å². The van der Waals surface area contributed by atoms with Crippen molar-refractivity contribution in [2.45, 2.75) is 6.54 Å². The third-order valence-corrected chi connectivity index (χ3v) is 4.42. The highest BCUT2D eigenvalue weighted by molar-refractivity contribution is 7.14. The lowest BCUT2D eigenvalue weighted by Crippen LogP contribution is -2.15. The van der Waals surface area contributed by atoms with Crippen LogP contribution in [0.4, 0.5) is 5.13 Å². The first-order valence-corrected chi connectivity index (χ1v) is 7.99. The fourth-order valence-corrected chi connectivity index (χ4v) is 3.06. The van der Waals surface area contributed by atoms with Gasteiger partial charge in [-0.25, -0.2) is 4.98 Å². The molecular formula is C18H18N2OS. The van der Waals surface area contributed by atoms with Gasteiger partial charge in [-0.1, -0.05) is 30.3 Å². The van der Waals surface area contributed by atoms with Gasteiger partial charge in [0.2, 0.25) is 0 Å². The molecule has 0 aliphatic rings. The summed E-state index contributed by atoms with van der Waals surface area (Å²) in [6.45, 7) is 0.858. The maximum absolute atomic E-state index is 5.19. The predicted octanol–water partition coefficient (Wildman–Crippen LogP) is 4.46. The maximum Gasteiger partial charge on any atom is 0.185 e. The Labute approximate surface area is 134 Å². The second-order valence-electron chi connectivity index (χ2n) is 5.09. The van der Waals surface area contributed by atoms with Crippen molar-refractivity contribution in [3.05, 3.63) is 65.5 Å². The Morgan fingerprint density at radius 2 is 1.77 bits per heavy atom. The molecule has 0 unspecified atom stereocenters. The largest absolute Gasteiger partial charge is 0.497 e. The predicted molar refractivity (Wildman–Crippen MR) is 92.7 cm³/mol. The second-order valence-corrected chi connectivity index (χ2v) is 5.92. The third kappa shape index (κ3) is 3.28. The van der Waals surface area contributed by atoms with Crippen molar-refractivity contribution in [3.63, 3.8) is 0 Å². The molecule has 0 aliphatic heterocycles. The molecule has 0 amide bonds. The molecule has 22 heavy (non-hydrogen) atoms. The highest BCUT2D eigenvalue weighted by atomic mass is 32.1. The minimum atomic E-state index is 0.858. The number of rotatable bonds is 5. The fourth-order valence-electron chi connectivity index (χ4n) is 2.26. The highest BCUT2D eigenvalue weighted by Gasteiger charge is 2.09. The molecule has 1 heterocycles. The van der Waals surface area contributed by atoms with Crippen LogP contribution in [0.5, 0.6) is 5.75 Å². The molecule has 0 saturated heterocycles. The van der Waals surface area contributed by atoms with Crippen LogP contribution in [0.2, 0.25) is 0 Å². The van der Waals surface area contributed by atoms with Crippen molar-refractivity contribution in [1.29, 1.82) is 0 Å². The first-order chi connectivity index (χ1) is 10.8. The van der Waals surface area contributed by atoms with Gasteiger partial charge in [-0.05, 0) is 29.8 Å². The van der Waals surface area contributed by atoms with Crippen LogP contribution in [-0.2, 0) is 6.54 Å². The Hall–Kier alpha value is -2.33. The molecule has 0 N–H and O–H groups in total. The lowest BCUT2D eigenvalue weighted by Gasteiger charge is -2.15. The molecule has 3 rings (SSSR count). The molecule has 4 heteroatoms. The molecule has 0 aliphatic carbocycles. The number of aromatic nitrogens is 1. The first kappa shape index (κ1) is 14.6. The van der Waals surface area contributed by atoms with E-state index in [1.54, 1.807) is 18.4 Å². The van der Waals surface area contributed by atoms with E-state index >= 15 is 0 Å². The van der Waals surface area contributed by atoms with E-state index < -0.39 is 0 Å². The van der Waals surface area contributed by atoms with Crippen LogP contribution in [0, 0.1) is 0 Å². The van der Waals surface area contributed by atoms with Crippen molar-refractivity contribution in [1.82, 2.24) is 4.98 Å². The zero-order valence-corrected chi connectivity index (χ0v) is 13.5. The molecule has 112 valence electrons. The molecule has 1 aromatic heterocycles. The number of benzene rings is 2. The van der Waals surface area contributed by atoms with E-state index in [1.807, 2.05) is 30.3 Å². The molecule has 0 radical (unpaired) electrons. The monoisotopic (exact) mass is 310 g/mol. The average molecular weight is 310 g/mol. The standard InChI is InChI=1S/C18H18N2OS/c1-20(12-14-6-4-3-5-7-14)18-19-17(13-22-18)15-8-10-16(21-2)11-9-15/h3-11,13H,12H2,1-2H3. The van der Waals surface area contributed by atoms with Gasteiger partial charge < -0.3 is 9.64 Å². The molecule has 0 fully saturated rings. The minimum absolute atomic E-state index is 0.858. The molecule has 0 saturated carbocycles. The van der Waals surface area contributed by atoms with Gasteiger partial charge >= 0.3 is 0 Å². The van der Waals surface area contributed by atoms with E-state index in [9.17, 15) is 0 Å². The number of thiazole rings is 1. The van der Waals surface area contributed by atoms with E-state index in [0.717, 1.165) is 28.7 Å². The second kappa shape index (κ2) is 6.62. The van der Waals surface area contributed by atoms with Crippen LogP contribution in [0.3, 0.4) is 0 Å². The molecule has 0 atom stereocenters. The number of anilines is 1. The summed E-state index contributed by atoms with van der Waals surface area (Å²) in [5, 5.41) is 3.12. The van der Waals surface area contributed by atoms with E-state index in [-0.39, 0.29) is 0 Å². The number of hydrogen-bond donors (Lipinski definition) is 0. The normalized spacial score (nSPS) is 10.5. The van der Waals surface area contributed by atoms with Gasteiger partial charge in [0.05, 0.1) is 12.8 Å². The van der Waals surface area contributed by atoms with E-state index in [2.05, 4.69) is 41.6 Å². The molecule has 2 aromatic carbocycles. The van der Waals surface area contributed by atoms with Gasteiger partial charge in [0.25, 0.3) is 0 Å². The summed E-state index contributed by atoms with van der Waals surface area (Å²) in [5.74, 6) is 0.861. The summed E-state index contributed by atoms with van der Waals surface area (Å²) in [6, 6.07) is 18.4. The summed E-state index contributed by atoms with van der Waals surface area (Å²) < 4.78 is 5.19. The molecule has 0 bridgehead atoms. The Bertz CT molecular complexity index is 722. The van der Waals surface area contributed by atoms with Crippen molar-refractivity contribution >= 4 is 16.5 Å². The van der Waals surface area contributed by atoms with Gasteiger partial charge in [0, 0.05) is 24.5 Å². The lowest BCUT2D eigenvalue weighted by molar-refractivity contribution is 0.415. The SMILES string of the molecule is COc1ccc(-c2csc(N(C)Cc3ccccc3)n2)cc1. The van der Waals surface area contributed by atoms with Crippen LogP contribution in [-0.4, -0.2) is 19.1 Å². The van der Waals surface area contributed by atoms with E-state index in [4.69, 9.17) is 9.72 Å². The molecule has 0 spiro atoms. The van der Waals surface area contributed by atoms with Crippen molar-refractivity contribution in [2.24, 2.45) is 0 Å². The first-order valence-electron chi connectivity index (χ1n) is 7.11. The van der Waals surface area contributed by atoms with Gasteiger partial charge in [-0.3, -0.25) is 0 Å². The molecular weight excluding hydrogens is 292 g/mol. The van der Waals surface area contributed by atoms with Gasteiger partial charge in [0.1, 0.15) is 5.75 Å². The summed E-state index contributed by atoms with van der Waals surface area (Å²) in [6.07, 6.45) is 0. The van der Waals surface area contributed by atoms with Crippen LogP contribution in [0.25, 0.3) is 11.3 Å². The summed E-state index contributed by atoms with van der Waals surface area (Å²) >= 11 is 1.67. The Balaban J connectivity index is 1.75. The Morgan fingerprint density at radius 1 is 1.05 bits per heavy atom. The Morgan fingerprint density at radius 3 is 2.45 bits per heavy atom. The van der Waals surface area contributed by atoms with Gasteiger partial charge in [0.15, 0.2) is 5.13 Å². The van der Waals surface area contributed by atoms with E-state index in [0.29, 0.717) is 0 Å². The van der Waals surface area contributed by atoms with Crippen LogP contribution < -0.4 is 9.64 Å². The molecule has 3 nitrogen and oxygen atoms in total. The fraction of sp³-hybridized carbons (Fsp3) is 0.167. The van der Waals surface area contributed by atoms with Crippen LogP contribution >= 0.6 is 11.3 Å². The zero-order chi connectivity index (χ0) is 15.4.